The first-order valence-corrected chi connectivity index (χ1v) is 9.41. The molecule has 1 N–H and O–H groups in total. The summed E-state index contributed by atoms with van der Waals surface area (Å²) in [6, 6.07) is 8.11. The molecule has 4 heterocycles. The third-order valence-corrected chi connectivity index (χ3v) is 6.22. The number of nitrogens with zero attached hydrogens (tertiary/aromatic N) is 6. The third-order valence-electron chi connectivity index (χ3n) is 5.06. The lowest BCUT2D eigenvalue weighted by atomic mass is 9.61. The van der Waals surface area contributed by atoms with Crippen LogP contribution < -0.4 is 0 Å². The van der Waals surface area contributed by atoms with Crippen molar-refractivity contribution in [1.82, 2.24) is 24.7 Å². The van der Waals surface area contributed by atoms with Crippen LogP contribution in [0.25, 0.3) is 32.6 Å². The summed E-state index contributed by atoms with van der Waals surface area (Å²) in [7, 11) is 1.87. The molecule has 134 valence electrons. The van der Waals surface area contributed by atoms with Crippen molar-refractivity contribution >= 4 is 32.7 Å². The number of pyridine rings is 2. The molecule has 4 aromatic heterocycles. The molecule has 8 heteroatoms. The zero-order chi connectivity index (χ0) is 18.8. The quantitative estimate of drug-likeness (QED) is 0.577. The summed E-state index contributed by atoms with van der Waals surface area (Å²) in [4.78, 5) is 14.4. The number of nitriles is 1. The molecule has 0 spiro atoms. The lowest BCUT2D eigenvalue weighted by Gasteiger charge is -2.45. The van der Waals surface area contributed by atoms with Crippen LogP contribution in [-0.4, -0.2) is 29.8 Å². The van der Waals surface area contributed by atoms with Gasteiger partial charge in [-0.15, -0.1) is 0 Å². The Morgan fingerprint density at radius 3 is 2.89 bits per heavy atom. The zero-order valence-corrected chi connectivity index (χ0v) is 15.7. The summed E-state index contributed by atoms with van der Waals surface area (Å²) in [5.74, 6) is 0. The number of fused-ring (bicyclic) bond motifs is 2. The van der Waals surface area contributed by atoms with Crippen molar-refractivity contribution in [3.05, 3.63) is 35.6 Å². The predicted molar refractivity (Wildman–Crippen MR) is 102 cm³/mol. The summed E-state index contributed by atoms with van der Waals surface area (Å²) in [6.45, 7) is 1.87. The van der Waals surface area contributed by atoms with Gasteiger partial charge < -0.3 is 5.11 Å². The van der Waals surface area contributed by atoms with Crippen molar-refractivity contribution in [1.29, 1.82) is 5.26 Å². The first kappa shape index (κ1) is 16.3. The minimum absolute atomic E-state index is 0.408. The molecule has 0 unspecified atom stereocenters. The number of thiazole rings is 1. The van der Waals surface area contributed by atoms with E-state index in [0.29, 0.717) is 23.5 Å². The van der Waals surface area contributed by atoms with E-state index in [1.807, 2.05) is 38.4 Å². The van der Waals surface area contributed by atoms with Crippen LogP contribution in [0, 0.1) is 16.7 Å². The normalized spacial score (nSPS) is 24.8. The van der Waals surface area contributed by atoms with E-state index in [-0.39, 0.29) is 0 Å². The fourth-order valence-corrected chi connectivity index (χ4v) is 4.84. The van der Waals surface area contributed by atoms with Crippen LogP contribution in [0.1, 0.15) is 24.8 Å². The minimum Gasteiger partial charge on any atom is -0.383 e. The van der Waals surface area contributed by atoms with Crippen molar-refractivity contribution in [3.8, 4) is 17.3 Å². The van der Waals surface area contributed by atoms with Gasteiger partial charge in [0.05, 0.1) is 17.2 Å². The Morgan fingerprint density at radius 1 is 1.30 bits per heavy atom. The van der Waals surface area contributed by atoms with Gasteiger partial charge in [0, 0.05) is 43.2 Å². The van der Waals surface area contributed by atoms with Gasteiger partial charge in [-0.05, 0) is 25.1 Å². The SMILES string of the molecule is Cn1cc2cc(-c3ccc4nc(C5(O)CC(C)(C#N)C5)sc4n3)cnc2n1. The van der Waals surface area contributed by atoms with Crippen LogP contribution in [0.15, 0.2) is 30.6 Å². The third kappa shape index (κ3) is 2.51. The maximum Gasteiger partial charge on any atom is 0.181 e. The second-order valence-corrected chi connectivity index (χ2v) is 8.51. The highest BCUT2D eigenvalue weighted by molar-refractivity contribution is 7.18. The molecule has 0 atom stereocenters. The highest BCUT2D eigenvalue weighted by Gasteiger charge is 2.54. The number of aliphatic hydroxyl groups is 1. The van der Waals surface area contributed by atoms with Gasteiger partial charge in [-0.25, -0.2) is 15.0 Å². The predicted octanol–water partition coefficient (Wildman–Crippen LogP) is 3.15. The van der Waals surface area contributed by atoms with E-state index >= 15 is 0 Å². The van der Waals surface area contributed by atoms with Gasteiger partial charge >= 0.3 is 0 Å². The van der Waals surface area contributed by atoms with E-state index < -0.39 is 11.0 Å². The highest BCUT2D eigenvalue weighted by Crippen LogP contribution is 2.54. The Labute approximate surface area is 158 Å². The van der Waals surface area contributed by atoms with Gasteiger partial charge in [0.25, 0.3) is 0 Å². The van der Waals surface area contributed by atoms with Crippen LogP contribution >= 0.6 is 11.3 Å². The van der Waals surface area contributed by atoms with Crippen molar-refractivity contribution in [2.75, 3.05) is 0 Å². The lowest BCUT2D eigenvalue weighted by Crippen LogP contribution is -2.47. The summed E-state index contributed by atoms with van der Waals surface area (Å²) in [5, 5.41) is 25.9. The number of hydrogen-bond donors (Lipinski definition) is 1. The summed E-state index contributed by atoms with van der Waals surface area (Å²) in [5.41, 5.74) is 1.68. The van der Waals surface area contributed by atoms with Gasteiger partial charge in [-0.1, -0.05) is 11.3 Å². The fraction of sp³-hybridized carbons (Fsp3) is 0.316. The van der Waals surface area contributed by atoms with Crippen LogP contribution in [0.5, 0.6) is 0 Å². The minimum atomic E-state index is -1.02. The van der Waals surface area contributed by atoms with Gasteiger partial charge in [-0.2, -0.15) is 10.4 Å². The molecule has 1 aliphatic carbocycles. The fourth-order valence-electron chi connectivity index (χ4n) is 3.82. The van der Waals surface area contributed by atoms with Gasteiger partial charge in [0.1, 0.15) is 21.0 Å². The van der Waals surface area contributed by atoms with Gasteiger partial charge in [0.15, 0.2) is 5.65 Å². The Morgan fingerprint density at radius 2 is 2.11 bits per heavy atom. The van der Waals surface area contributed by atoms with Crippen molar-refractivity contribution in [3.63, 3.8) is 0 Å². The highest BCUT2D eigenvalue weighted by atomic mass is 32.1. The van der Waals surface area contributed by atoms with E-state index in [1.165, 1.54) is 11.3 Å². The molecule has 1 fully saturated rings. The molecule has 0 radical (unpaired) electrons. The number of rotatable bonds is 2. The van der Waals surface area contributed by atoms with E-state index in [1.54, 1.807) is 10.9 Å². The van der Waals surface area contributed by atoms with E-state index in [4.69, 9.17) is 4.98 Å². The molecule has 0 saturated heterocycles. The Hall–Kier alpha value is -2.89. The number of aromatic nitrogens is 5. The Kier molecular flexibility index (Phi) is 3.21. The summed E-state index contributed by atoms with van der Waals surface area (Å²) in [6.07, 6.45) is 4.51. The zero-order valence-electron chi connectivity index (χ0n) is 14.8. The summed E-state index contributed by atoms with van der Waals surface area (Å²) >= 11 is 1.39. The average Bonchev–Trinajstić information content (AvgIpc) is 3.21. The van der Waals surface area contributed by atoms with Crippen LogP contribution in [-0.2, 0) is 12.6 Å². The second kappa shape index (κ2) is 5.31. The Bertz CT molecular complexity index is 1240. The van der Waals surface area contributed by atoms with Crippen LogP contribution in [0.4, 0.5) is 0 Å². The molecule has 5 rings (SSSR count). The average molecular weight is 376 g/mol. The van der Waals surface area contributed by atoms with E-state index in [9.17, 15) is 10.4 Å². The molecule has 0 amide bonds. The summed E-state index contributed by atoms with van der Waals surface area (Å²) < 4.78 is 1.74. The molecule has 7 nitrogen and oxygen atoms in total. The molecule has 0 aromatic carbocycles. The Balaban J connectivity index is 1.53. The van der Waals surface area contributed by atoms with Crippen molar-refractivity contribution < 1.29 is 5.11 Å². The van der Waals surface area contributed by atoms with Gasteiger partial charge in [0.2, 0.25) is 0 Å². The monoisotopic (exact) mass is 376 g/mol. The smallest absolute Gasteiger partial charge is 0.181 e. The first-order valence-electron chi connectivity index (χ1n) is 8.59. The van der Waals surface area contributed by atoms with Gasteiger partial charge in [-0.3, -0.25) is 4.68 Å². The number of aryl methyl sites for hydroxylation is 1. The number of hydrogen-bond acceptors (Lipinski definition) is 7. The van der Waals surface area contributed by atoms with Crippen LogP contribution in [0.3, 0.4) is 0 Å². The van der Waals surface area contributed by atoms with Crippen molar-refractivity contribution in [2.45, 2.75) is 25.4 Å². The molecule has 1 aliphatic rings. The topological polar surface area (TPSA) is 101 Å². The molecule has 0 bridgehead atoms. The lowest BCUT2D eigenvalue weighted by molar-refractivity contribution is -0.103. The molecule has 0 aliphatic heterocycles. The van der Waals surface area contributed by atoms with Crippen molar-refractivity contribution in [2.24, 2.45) is 12.5 Å². The van der Waals surface area contributed by atoms with E-state index in [0.717, 1.165) is 27.0 Å². The largest absolute Gasteiger partial charge is 0.383 e. The second-order valence-electron chi connectivity index (χ2n) is 7.54. The molecule has 27 heavy (non-hydrogen) atoms. The van der Waals surface area contributed by atoms with E-state index in [2.05, 4.69) is 21.1 Å². The standard InChI is InChI=1S/C19H16N6OS/c1-18(10-20)8-19(26,9-18)17-23-14-4-3-13(22-16(14)27-17)11-5-12-7-25(2)24-15(12)21-6-11/h3-7,26H,8-9H2,1-2H3. The maximum atomic E-state index is 10.8. The molecule has 1 saturated carbocycles. The molecular weight excluding hydrogens is 360 g/mol. The molecular formula is C19H16N6OS. The molecule has 4 aromatic rings. The first-order chi connectivity index (χ1) is 12.9. The van der Waals surface area contributed by atoms with Crippen LogP contribution in [0.2, 0.25) is 0 Å². The maximum absolute atomic E-state index is 10.8.